The van der Waals surface area contributed by atoms with Crippen LogP contribution in [0.2, 0.25) is 0 Å². The molecule has 0 aromatic heterocycles. The molecule has 0 aliphatic carbocycles. The Kier molecular flexibility index (Phi) is 5.17. The summed E-state index contributed by atoms with van der Waals surface area (Å²) >= 11 is 0. The van der Waals surface area contributed by atoms with E-state index in [1.807, 2.05) is 37.3 Å². The van der Waals surface area contributed by atoms with Crippen LogP contribution in [0.25, 0.3) is 0 Å². The summed E-state index contributed by atoms with van der Waals surface area (Å²) < 4.78 is 5.46. The molecule has 1 aromatic carbocycles. The fraction of sp³-hybridized carbons (Fsp3) is 0.333. The number of rotatable bonds is 3. The van der Waals surface area contributed by atoms with Gasteiger partial charge in [0.1, 0.15) is 0 Å². The van der Waals surface area contributed by atoms with Gasteiger partial charge in [-0.1, -0.05) is 43.0 Å². The van der Waals surface area contributed by atoms with Gasteiger partial charge in [-0.05, 0) is 17.7 Å². The van der Waals surface area contributed by atoms with E-state index >= 15 is 0 Å². The zero-order chi connectivity index (χ0) is 14.4. The number of aliphatic hydroxyl groups excluding tert-OH is 1. The molecular formula is C18H20O2. The Hall–Kier alpha value is -1.82. The van der Waals surface area contributed by atoms with Crippen molar-refractivity contribution in [3.8, 4) is 11.8 Å². The average Bonchev–Trinajstić information content (AvgIpc) is 2.52. The van der Waals surface area contributed by atoms with E-state index in [1.54, 1.807) is 6.08 Å². The molecule has 2 nitrogen and oxygen atoms in total. The molecule has 0 amide bonds. The lowest BCUT2D eigenvalue weighted by Crippen LogP contribution is -2.26. The smallest absolute Gasteiger partial charge is 0.0843 e. The lowest BCUT2D eigenvalue weighted by atomic mass is 9.91. The number of hydrogen-bond donors (Lipinski definition) is 1. The lowest BCUT2D eigenvalue weighted by Gasteiger charge is -2.24. The van der Waals surface area contributed by atoms with Crippen molar-refractivity contribution < 1.29 is 9.84 Å². The van der Waals surface area contributed by atoms with Crippen LogP contribution in [0.15, 0.2) is 54.1 Å². The third kappa shape index (κ3) is 3.60. The van der Waals surface area contributed by atoms with Gasteiger partial charge in [-0.3, -0.25) is 0 Å². The van der Waals surface area contributed by atoms with Crippen LogP contribution in [-0.2, 0) is 4.74 Å². The van der Waals surface area contributed by atoms with Gasteiger partial charge >= 0.3 is 0 Å². The van der Waals surface area contributed by atoms with Gasteiger partial charge in [0.25, 0.3) is 0 Å². The van der Waals surface area contributed by atoms with Crippen molar-refractivity contribution in [2.24, 2.45) is 5.92 Å². The molecule has 1 aromatic rings. The van der Waals surface area contributed by atoms with Crippen LogP contribution in [0.3, 0.4) is 0 Å². The van der Waals surface area contributed by atoms with Crippen LogP contribution in [0.1, 0.15) is 18.9 Å². The second-order valence-electron chi connectivity index (χ2n) is 4.96. The first-order valence-electron chi connectivity index (χ1n) is 6.89. The maximum absolute atomic E-state index is 10.3. The first-order chi connectivity index (χ1) is 9.72. The van der Waals surface area contributed by atoms with Gasteiger partial charge < -0.3 is 9.84 Å². The van der Waals surface area contributed by atoms with Crippen molar-refractivity contribution in [3.05, 3.63) is 59.7 Å². The highest BCUT2D eigenvalue weighted by molar-refractivity contribution is 5.44. The molecule has 2 unspecified atom stereocenters. The van der Waals surface area contributed by atoms with E-state index in [1.165, 1.54) is 0 Å². The number of aliphatic hydroxyl groups is 1. The molecule has 2 heteroatoms. The quantitative estimate of drug-likeness (QED) is 0.674. The summed E-state index contributed by atoms with van der Waals surface area (Å²) in [6.07, 6.45) is 1.96. The third-order valence-electron chi connectivity index (χ3n) is 3.50. The Morgan fingerprint density at radius 3 is 2.75 bits per heavy atom. The van der Waals surface area contributed by atoms with E-state index in [0.29, 0.717) is 13.2 Å². The van der Waals surface area contributed by atoms with E-state index in [2.05, 4.69) is 18.4 Å². The molecule has 104 valence electrons. The highest BCUT2D eigenvalue weighted by atomic mass is 16.5. The molecular weight excluding hydrogens is 248 g/mol. The van der Waals surface area contributed by atoms with Crippen LogP contribution < -0.4 is 0 Å². The number of hydrogen-bond acceptors (Lipinski definition) is 2. The second kappa shape index (κ2) is 7.09. The highest BCUT2D eigenvalue weighted by Crippen LogP contribution is 2.23. The minimum absolute atomic E-state index is 0.000209. The van der Waals surface area contributed by atoms with Crippen LogP contribution >= 0.6 is 0 Å². The van der Waals surface area contributed by atoms with Gasteiger partial charge in [0, 0.05) is 23.5 Å². The van der Waals surface area contributed by atoms with E-state index in [0.717, 1.165) is 23.1 Å². The summed E-state index contributed by atoms with van der Waals surface area (Å²) in [4.78, 5) is 0. The summed E-state index contributed by atoms with van der Waals surface area (Å²) in [5.74, 6) is 6.36. The summed E-state index contributed by atoms with van der Waals surface area (Å²) in [6.45, 7) is 6.80. The molecule has 0 spiro atoms. The summed E-state index contributed by atoms with van der Waals surface area (Å²) in [7, 11) is 0. The molecule has 0 saturated heterocycles. The molecule has 0 bridgehead atoms. The van der Waals surface area contributed by atoms with E-state index in [4.69, 9.17) is 4.74 Å². The number of benzene rings is 1. The predicted octanol–water partition coefficient (Wildman–Crippen LogP) is 2.94. The fourth-order valence-corrected chi connectivity index (χ4v) is 2.13. The Labute approximate surface area is 120 Å². The van der Waals surface area contributed by atoms with Gasteiger partial charge in [0.2, 0.25) is 0 Å². The first kappa shape index (κ1) is 14.6. The topological polar surface area (TPSA) is 29.5 Å². The standard InChI is InChI=1S/C18H20O2/c1-3-14(2)18(19)17-13-20-12-11-16(17)10-9-15-7-5-4-6-8-15/h3-8,14,18-19H,1,11-13H2,2H3. The molecule has 2 rings (SSSR count). The maximum atomic E-state index is 10.3. The predicted molar refractivity (Wildman–Crippen MR) is 81.1 cm³/mol. The Morgan fingerprint density at radius 1 is 1.30 bits per heavy atom. The molecule has 0 radical (unpaired) electrons. The molecule has 0 fully saturated rings. The Balaban J connectivity index is 2.28. The highest BCUT2D eigenvalue weighted by Gasteiger charge is 2.22. The van der Waals surface area contributed by atoms with E-state index < -0.39 is 6.10 Å². The molecule has 1 aliphatic rings. The average molecular weight is 268 g/mol. The molecule has 0 saturated carbocycles. The summed E-state index contributed by atoms with van der Waals surface area (Å²) in [5, 5.41) is 10.3. The zero-order valence-corrected chi connectivity index (χ0v) is 11.8. The van der Waals surface area contributed by atoms with Crippen molar-refractivity contribution in [2.75, 3.05) is 13.2 Å². The van der Waals surface area contributed by atoms with Crippen LogP contribution in [-0.4, -0.2) is 24.4 Å². The third-order valence-corrected chi connectivity index (χ3v) is 3.50. The molecule has 20 heavy (non-hydrogen) atoms. The van der Waals surface area contributed by atoms with Crippen LogP contribution in [0.4, 0.5) is 0 Å². The zero-order valence-electron chi connectivity index (χ0n) is 11.8. The van der Waals surface area contributed by atoms with Gasteiger partial charge in [-0.25, -0.2) is 0 Å². The Bertz CT molecular complexity index is 546. The van der Waals surface area contributed by atoms with Crippen molar-refractivity contribution in [3.63, 3.8) is 0 Å². The van der Waals surface area contributed by atoms with Crippen LogP contribution in [0.5, 0.6) is 0 Å². The van der Waals surface area contributed by atoms with Crippen molar-refractivity contribution in [1.82, 2.24) is 0 Å². The minimum Gasteiger partial charge on any atom is -0.388 e. The van der Waals surface area contributed by atoms with Gasteiger partial charge in [0.05, 0.1) is 19.3 Å². The second-order valence-corrected chi connectivity index (χ2v) is 4.96. The first-order valence-corrected chi connectivity index (χ1v) is 6.89. The Morgan fingerprint density at radius 2 is 2.05 bits per heavy atom. The minimum atomic E-state index is -0.562. The van der Waals surface area contributed by atoms with E-state index in [9.17, 15) is 5.11 Å². The van der Waals surface area contributed by atoms with Crippen molar-refractivity contribution >= 4 is 0 Å². The van der Waals surface area contributed by atoms with Gasteiger partial charge in [-0.15, -0.1) is 6.58 Å². The molecule has 2 atom stereocenters. The maximum Gasteiger partial charge on any atom is 0.0843 e. The SMILES string of the molecule is C=CC(C)C(O)C1=C(C#Cc2ccccc2)CCOC1. The van der Waals surface area contributed by atoms with Crippen molar-refractivity contribution in [2.45, 2.75) is 19.4 Å². The number of ether oxygens (including phenoxy) is 1. The molecule has 1 N–H and O–H groups in total. The van der Waals surface area contributed by atoms with Gasteiger partial charge in [0.15, 0.2) is 0 Å². The monoisotopic (exact) mass is 268 g/mol. The largest absolute Gasteiger partial charge is 0.388 e. The van der Waals surface area contributed by atoms with Crippen molar-refractivity contribution in [1.29, 1.82) is 0 Å². The van der Waals surface area contributed by atoms with Crippen LogP contribution in [0, 0.1) is 17.8 Å². The van der Waals surface area contributed by atoms with E-state index in [-0.39, 0.29) is 5.92 Å². The lowest BCUT2D eigenvalue weighted by molar-refractivity contribution is 0.102. The normalized spacial score (nSPS) is 17.9. The fourth-order valence-electron chi connectivity index (χ4n) is 2.13. The molecule has 1 heterocycles. The van der Waals surface area contributed by atoms with Gasteiger partial charge in [-0.2, -0.15) is 0 Å². The molecule has 1 aliphatic heterocycles. The summed E-state index contributed by atoms with van der Waals surface area (Å²) in [6, 6.07) is 9.88. The summed E-state index contributed by atoms with van der Waals surface area (Å²) in [5.41, 5.74) is 2.88.